The Morgan fingerprint density at radius 1 is 1.04 bits per heavy atom. The Labute approximate surface area is 163 Å². The molecular weight excluding hydrogens is 380 g/mol. The standard InChI is InChI=1S/C12H7Cl2NO6S.Na/c13-7-1-3-10(9(5-7)15(16)17)21-11-4-2-8(14)6-12(11)22(18,19)20;/h1-6H,(H,18,19,20);. The van der Waals surface area contributed by atoms with Gasteiger partial charge in [-0.25, -0.2) is 0 Å². The van der Waals surface area contributed by atoms with Crippen molar-refractivity contribution in [3.8, 4) is 11.5 Å². The zero-order chi connectivity index (χ0) is 16.5. The number of hydrogen-bond acceptors (Lipinski definition) is 5. The van der Waals surface area contributed by atoms with E-state index >= 15 is 0 Å². The molecule has 0 aliphatic carbocycles. The molecule has 11 heteroatoms. The summed E-state index contributed by atoms with van der Waals surface area (Å²) in [6.07, 6.45) is 0. The number of rotatable bonds is 4. The van der Waals surface area contributed by atoms with Gasteiger partial charge in [0.1, 0.15) is 10.6 Å². The van der Waals surface area contributed by atoms with Crippen molar-refractivity contribution in [1.29, 1.82) is 0 Å². The first-order chi connectivity index (χ1) is 10.2. The number of nitrogens with zero attached hydrogens (tertiary/aromatic N) is 1. The molecule has 7 nitrogen and oxygen atoms in total. The molecule has 0 aromatic heterocycles. The maximum atomic E-state index is 11.3. The van der Waals surface area contributed by atoms with Crippen LogP contribution in [0.15, 0.2) is 41.3 Å². The SMILES string of the molecule is O=[N+]([O-])c1cc(Cl)ccc1Oc1ccc(Cl)cc1S(=O)(=O)O.[Na]. The maximum absolute atomic E-state index is 11.3. The molecule has 2 aromatic rings. The topological polar surface area (TPSA) is 107 Å². The number of halogens is 2. The van der Waals surface area contributed by atoms with Gasteiger partial charge >= 0.3 is 5.69 Å². The Hall–Kier alpha value is -0.870. The van der Waals surface area contributed by atoms with Crippen molar-refractivity contribution in [1.82, 2.24) is 0 Å². The fraction of sp³-hybridized carbons (Fsp3) is 0. The van der Waals surface area contributed by atoms with Gasteiger partial charge in [-0.3, -0.25) is 14.7 Å². The molecular formula is C12H7Cl2NNaO6S. The molecule has 0 fully saturated rings. The smallest absolute Gasteiger partial charge is 0.313 e. The van der Waals surface area contributed by atoms with Gasteiger partial charge in [-0.2, -0.15) is 8.42 Å². The molecule has 0 saturated heterocycles. The van der Waals surface area contributed by atoms with E-state index in [1.165, 1.54) is 24.3 Å². The first-order valence-corrected chi connectivity index (χ1v) is 7.77. The summed E-state index contributed by atoms with van der Waals surface area (Å²) in [6.45, 7) is 0. The predicted molar refractivity (Wildman–Crippen MR) is 85.2 cm³/mol. The zero-order valence-corrected chi connectivity index (χ0v) is 15.9. The van der Waals surface area contributed by atoms with Crippen molar-refractivity contribution < 1.29 is 22.6 Å². The maximum Gasteiger partial charge on any atom is 0.313 e. The second-order valence-corrected chi connectivity index (χ2v) is 6.30. The van der Waals surface area contributed by atoms with Crippen LogP contribution in [-0.4, -0.2) is 47.5 Å². The minimum atomic E-state index is -4.62. The van der Waals surface area contributed by atoms with E-state index in [1.807, 2.05) is 0 Å². The van der Waals surface area contributed by atoms with E-state index in [4.69, 9.17) is 27.9 Å². The molecule has 0 spiro atoms. The Balaban J connectivity index is 0.00000264. The molecule has 0 aliphatic heterocycles. The molecule has 0 atom stereocenters. The van der Waals surface area contributed by atoms with Crippen molar-refractivity contribution in [2.75, 3.05) is 0 Å². The molecule has 2 rings (SSSR count). The van der Waals surface area contributed by atoms with Crippen molar-refractivity contribution in [2.45, 2.75) is 4.90 Å². The van der Waals surface area contributed by atoms with E-state index in [2.05, 4.69) is 0 Å². The molecule has 0 saturated carbocycles. The Morgan fingerprint density at radius 3 is 2.09 bits per heavy atom. The molecule has 0 bridgehead atoms. The van der Waals surface area contributed by atoms with Crippen LogP contribution in [0.2, 0.25) is 10.0 Å². The number of ether oxygens (including phenoxy) is 1. The zero-order valence-electron chi connectivity index (χ0n) is 11.6. The van der Waals surface area contributed by atoms with Crippen LogP contribution in [0.1, 0.15) is 0 Å². The van der Waals surface area contributed by atoms with Crippen molar-refractivity contribution in [2.24, 2.45) is 0 Å². The molecule has 2 aromatic carbocycles. The summed E-state index contributed by atoms with van der Waals surface area (Å²) < 4.78 is 37.1. The van der Waals surface area contributed by atoms with E-state index in [1.54, 1.807) is 0 Å². The molecule has 0 unspecified atom stereocenters. The normalized spacial score (nSPS) is 10.7. The van der Waals surface area contributed by atoms with Gasteiger partial charge in [0.25, 0.3) is 10.1 Å². The van der Waals surface area contributed by atoms with E-state index < -0.39 is 25.6 Å². The van der Waals surface area contributed by atoms with Crippen LogP contribution in [0.25, 0.3) is 0 Å². The van der Waals surface area contributed by atoms with Crippen LogP contribution >= 0.6 is 23.2 Å². The summed E-state index contributed by atoms with van der Waals surface area (Å²) in [5.41, 5.74) is -0.455. The van der Waals surface area contributed by atoms with Gasteiger partial charge in [0.2, 0.25) is 5.75 Å². The van der Waals surface area contributed by atoms with Gasteiger partial charge in [0, 0.05) is 45.7 Å². The average Bonchev–Trinajstić information content (AvgIpc) is 2.41. The number of nitro groups is 1. The molecule has 1 N–H and O–H groups in total. The monoisotopic (exact) mass is 386 g/mol. The van der Waals surface area contributed by atoms with Crippen LogP contribution in [-0.2, 0) is 10.1 Å². The fourth-order valence-corrected chi connectivity index (χ4v) is 2.65. The first-order valence-electron chi connectivity index (χ1n) is 5.57. The van der Waals surface area contributed by atoms with Crippen LogP contribution in [0, 0.1) is 10.1 Å². The second-order valence-electron chi connectivity index (χ2n) is 4.04. The minimum Gasteiger partial charge on any atom is -0.449 e. The summed E-state index contributed by atoms with van der Waals surface area (Å²) in [5, 5.41) is 11.1. The van der Waals surface area contributed by atoms with E-state index in [0.717, 1.165) is 12.1 Å². The van der Waals surface area contributed by atoms with Gasteiger partial charge in [-0.15, -0.1) is 0 Å². The quantitative estimate of drug-likeness (QED) is 0.372. The molecule has 0 amide bonds. The number of hydrogen-bond donors (Lipinski definition) is 1. The Bertz CT molecular complexity index is 859. The first kappa shape index (κ1) is 20.2. The van der Waals surface area contributed by atoms with E-state index in [9.17, 15) is 23.1 Å². The summed E-state index contributed by atoms with van der Waals surface area (Å²) in [7, 11) is -4.62. The third kappa shape index (κ3) is 5.05. The van der Waals surface area contributed by atoms with Crippen molar-refractivity contribution in [3.63, 3.8) is 0 Å². The summed E-state index contributed by atoms with van der Waals surface area (Å²) in [4.78, 5) is 9.64. The molecule has 1 radical (unpaired) electrons. The predicted octanol–water partition coefficient (Wildman–Crippen LogP) is 3.56. The van der Waals surface area contributed by atoms with Crippen molar-refractivity contribution >= 4 is 68.6 Å². The van der Waals surface area contributed by atoms with Gasteiger partial charge in [0.05, 0.1) is 4.92 Å². The summed E-state index contributed by atoms with van der Waals surface area (Å²) >= 11 is 11.3. The Morgan fingerprint density at radius 2 is 1.57 bits per heavy atom. The minimum absolute atomic E-state index is 0. The van der Waals surface area contributed by atoms with Crippen LogP contribution in [0.5, 0.6) is 11.5 Å². The van der Waals surface area contributed by atoms with Crippen LogP contribution < -0.4 is 4.74 Å². The average molecular weight is 387 g/mol. The third-order valence-corrected chi connectivity index (χ3v) is 3.87. The van der Waals surface area contributed by atoms with Crippen molar-refractivity contribution in [3.05, 3.63) is 56.6 Å². The van der Waals surface area contributed by atoms with Crippen LogP contribution in [0.4, 0.5) is 5.69 Å². The molecule has 23 heavy (non-hydrogen) atoms. The van der Waals surface area contributed by atoms with Gasteiger partial charge in [-0.1, -0.05) is 23.2 Å². The molecule has 0 aliphatic rings. The number of nitro benzene ring substituents is 1. The molecule has 0 heterocycles. The number of benzene rings is 2. The fourth-order valence-electron chi connectivity index (χ4n) is 1.61. The molecule has 117 valence electrons. The summed E-state index contributed by atoms with van der Waals surface area (Å²) in [6, 6.07) is 7.06. The van der Waals surface area contributed by atoms with Gasteiger partial charge < -0.3 is 4.74 Å². The second kappa shape index (κ2) is 7.80. The Kier molecular flexibility index (Phi) is 6.84. The van der Waals surface area contributed by atoms with E-state index in [0.29, 0.717) is 0 Å². The van der Waals surface area contributed by atoms with Gasteiger partial charge in [0.15, 0.2) is 0 Å². The van der Waals surface area contributed by atoms with Crippen LogP contribution in [0.3, 0.4) is 0 Å². The van der Waals surface area contributed by atoms with E-state index in [-0.39, 0.29) is 51.1 Å². The summed E-state index contributed by atoms with van der Waals surface area (Å²) in [5.74, 6) is -0.543. The van der Waals surface area contributed by atoms with Gasteiger partial charge in [-0.05, 0) is 30.3 Å². The largest absolute Gasteiger partial charge is 0.449 e. The third-order valence-electron chi connectivity index (χ3n) is 2.52.